The number of carbonyl (C=O) groups excluding carboxylic acids is 2. The van der Waals surface area contributed by atoms with Crippen molar-refractivity contribution < 1.29 is 14.3 Å². The van der Waals surface area contributed by atoms with E-state index in [4.69, 9.17) is 10.00 Å². The first kappa shape index (κ1) is 16.5. The fourth-order valence-corrected chi connectivity index (χ4v) is 2.69. The summed E-state index contributed by atoms with van der Waals surface area (Å²) in [6, 6.07) is 14.1. The molecule has 25 heavy (non-hydrogen) atoms. The van der Waals surface area contributed by atoms with Crippen molar-refractivity contribution >= 4 is 17.5 Å². The Hall–Kier alpha value is -3.33. The third-order valence-electron chi connectivity index (χ3n) is 3.96. The Morgan fingerprint density at radius 2 is 2.20 bits per heavy atom. The minimum atomic E-state index is -0.260. The molecule has 126 valence electrons. The first-order valence-electron chi connectivity index (χ1n) is 7.90. The quantitative estimate of drug-likeness (QED) is 0.877. The van der Waals surface area contributed by atoms with Gasteiger partial charge in [0.15, 0.2) is 6.61 Å². The van der Waals surface area contributed by atoms with Crippen LogP contribution in [0.15, 0.2) is 42.5 Å². The number of benzene rings is 2. The smallest absolute Gasteiger partial charge is 0.258 e. The van der Waals surface area contributed by atoms with Gasteiger partial charge in [0, 0.05) is 5.69 Å². The lowest BCUT2D eigenvalue weighted by atomic mass is 10.0. The molecule has 1 unspecified atom stereocenters. The monoisotopic (exact) mass is 335 g/mol. The number of hydrogen-bond acceptors (Lipinski definition) is 4. The summed E-state index contributed by atoms with van der Waals surface area (Å²) in [6.45, 7) is 1.74. The van der Waals surface area contributed by atoms with Gasteiger partial charge in [-0.25, -0.2) is 0 Å². The van der Waals surface area contributed by atoms with Gasteiger partial charge >= 0.3 is 0 Å². The second kappa shape index (κ2) is 7.05. The van der Waals surface area contributed by atoms with Crippen molar-refractivity contribution in [2.24, 2.45) is 0 Å². The molecular formula is C19H17N3O3. The van der Waals surface area contributed by atoms with Crippen LogP contribution in [-0.2, 0) is 16.0 Å². The summed E-state index contributed by atoms with van der Waals surface area (Å²) in [5, 5.41) is 14.5. The van der Waals surface area contributed by atoms with Gasteiger partial charge in [0.2, 0.25) is 5.91 Å². The predicted octanol–water partition coefficient (Wildman–Crippen LogP) is 2.31. The number of ether oxygens (including phenoxy) is 1. The van der Waals surface area contributed by atoms with E-state index in [1.165, 1.54) is 0 Å². The van der Waals surface area contributed by atoms with Crippen LogP contribution in [0, 0.1) is 11.3 Å². The van der Waals surface area contributed by atoms with E-state index in [0.717, 1.165) is 16.8 Å². The first-order valence-corrected chi connectivity index (χ1v) is 7.90. The van der Waals surface area contributed by atoms with Gasteiger partial charge < -0.3 is 15.4 Å². The molecule has 2 N–H and O–H groups in total. The minimum absolute atomic E-state index is 0.0168. The van der Waals surface area contributed by atoms with Crippen molar-refractivity contribution in [1.29, 1.82) is 5.26 Å². The van der Waals surface area contributed by atoms with Gasteiger partial charge in [-0.15, -0.1) is 0 Å². The van der Waals surface area contributed by atoms with E-state index >= 15 is 0 Å². The van der Waals surface area contributed by atoms with Gasteiger partial charge in [0.25, 0.3) is 5.91 Å². The zero-order valence-electron chi connectivity index (χ0n) is 13.7. The maximum absolute atomic E-state index is 12.1. The lowest BCUT2D eigenvalue weighted by Gasteiger charge is -2.15. The van der Waals surface area contributed by atoms with Crippen LogP contribution in [0.1, 0.15) is 29.7 Å². The van der Waals surface area contributed by atoms with Crippen LogP contribution in [0.3, 0.4) is 0 Å². The normalized spacial score (nSPS) is 13.4. The van der Waals surface area contributed by atoms with Crippen molar-refractivity contribution in [3.05, 3.63) is 59.2 Å². The van der Waals surface area contributed by atoms with E-state index in [2.05, 4.69) is 10.6 Å². The molecule has 2 aromatic carbocycles. The molecule has 0 saturated heterocycles. The van der Waals surface area contributed by atoms with Crippen LogP contribution in [0.25, 0.3) is 0 Å². The van der Waals surface area contributed by atoms with E-state index in [1.807, 2.05) is 31.2 Å². The standard InChI is InChI=1S/C19H17N3O3/c1-12(14-5-6-17-15(8-14)9-18(23)22-17)21-19(24)11-25-16-4-2-3-13(7-16)10-20/h2-8,12H,9,11H2,1H3,(H,21,24)(H,22,23). The molecule has 0 bridgehead atoms. The second-order valence-corrected chi connectivity index (χ2v) is 5.86. The molecule has 1 aliphatic rings. The first-order chi connectivity index (χ1) is 12.0. The molecule has 3 rings (SSSR count). The molecule has 2 amide bonds. The molecule has 0 saturated carbocycles. The highest BCUT2D eigenvalue weighted by molar-refractivity contribution is 5.99. The number of rotatable bonds is 5. The number of carbonyl (C=O) groups is 2. The van der Waals surface area contributed by atoms with Crippen molar-refractivity contribution in [3.63, 3.8) is 0 Å². The fraction of sp³-hybridized carbons (Fsp3) is 0.211. The Bertz CT molecular complexity index is 870. The Morgan fingerprint density at radius 1 is 1.36 bits per heavy atom. The zero-order valence-corrected chi connectivity index (χ0v) is 13.7. The van der Waals surface area contributed by atoms with Crippen LogP contribution < -0.4 is 15.4 Å². The van der Waals surface area contributed by atoms with Gasteiger partial charge in [-0.2, -0.15) is 5.26 Å². The molecule has 2 aromatic rings. The Labute approximate surface area is 145 Å². The second-order valence-electron chi connectivity index (χ2n) is 5.86. The molecular weight excluding hydrogens is 318 g/mol. The molecule has 1 aliphatic heterocycles. The molecule has 0 spiro atoms. The lowest BCUT2D eigenvalue weighted by Crippen LogP contribution is -2.31. The van der Waals surface area contributed by atoms with E-state index in [0.29, 0.717) is 17.7 Å². The number of nitriles is 1. The van der Waals surface area contributed by atoms with Crippen molar-refractivity contribution in [1.82, 2.24) is 5.32 Å². The number of nitrogens with one attached hydrogen (secondary N) is 2. The average molecular weight is 335 g/mol. The molecule has 6 nitrogen and oxygen atoms in total. The van der Waals surface area contributed by atoms with Crippen LogP contribution >= 0.6 is 0 Å². The highest BCUT2D eigenvalue weighted by atomic mass is 16.5. The number of hydrogen-bond donors (Lipinski definition) is 2. The SMILES string of the molecule is CC(NC(=O)COc1cccc(C#N)c1)c1ccc2c(c1)CC(=O)N2. The molecule has 1 heterocycles. The molecule has 0 fully saturated rings. The van der Waals surface area contributed by atoms with Crippen molar-refractivity contribution in [3.8, 4) is 11.8 Å². The Balaban J connectivity index is 1.57. The van der Waals surface area contributed by atoms with E-state index in [1.54, 1.807) is 24.3 Å². The Morgan fingerprint density at radius 3 is 3.00 bits per heavy atom. The molecule has 0 aromatic heterocycles. The van der Waals surface area contributed by atoms with Crippen LogP contribution in [-0.4, -0.2) is 18.4 Å². The summed E-state index contributed by atoms with van der Waals surface area (Å²) in [5.41, 5.74) is 3.17. The van der Waals surface area contributed by atoms with Gasteiger partial charge in [0.05, 0.1) is 24.1 Å². The Kier molecular flexibility index (Phi) is 4.66. The summed E-state index contributed by atoms with van der Waals surface area (Å²) in [7, 11) is 0. The number of fused-ring (bicyclic) bond motifs is 1. The highest BCUT2D eigenvalue weighted by Gasteiger charge is 2.19. The molecule has 0 aliphatic carbocycles. The average Bonchev–Trinajstić information content (AvgIpc) is 2.99. The molecule has 0 radical (unpaired) electrons. The highest BCUT2D eigenvalue weighted by Crippen LogP contribution is 2.26. The van der Waals surface area contributed by atoms with E-state index in [-0.39, 0.29) is 24.5 Å². The van der Waals surface area contributed by atoms with Crippen LogP contribution in [0.5, 0.6) is 5.75 Å². The van der Waals surface area contributed by atoms with Crippen molar-refractivity contribution in [2.45, 2.75) is 19.4 Å². The van der Waals surface area contributed by atoms with Gasteiger partial charge in [-0.05, 0) is 42.3 Å². The van der Waals surface area contributed by atoms with E-state index < -0.39 is 0 Å². The zero-order chi connectivity index (χ0) is 17.8. The number of nitrogens with zero attached hydrogens (tertiary/aromatic N) is 1. The summed E-state index contributed by atoms with van der Waals surface area (Å²) in [5.74, 6) is 0.199. The van der Waals surface area contributed by atoms with E-state index in [9.17, 15) is 9.59 Å². The fourth-order valence-electron chi connectivity index (χ4n) is 2.69. The maximum Gasteiger partial charge on any atom is 0.258 e. The topological polar surface area (TPSA) is 91.2 Å². The lowest BCUT2D eigenvalue weighted by molar-refractivity contribution is -0.123. The van der Waals surface area contributed by atoms with Crippen LogP contribution in [0.4, 0.5) is 5.69 Å². The summed E-state index contributed by atoms with van der Waals surface area (Å²) >= 11 is 0. The number of amides is 2. The van der Waals surface area contributed by atoms with Gasteiger partial charge in [-0.3, -0.25) is 9.59 Å². The number of anilines is 1. The summed E-state index contributed by atoms with van der Waals surface area (Å²) in [4.78, 5) is 23.5. The molecule has 6 heteroatoms. The minimum Gasteiger partial charge on any atom is -0.484 e. The van der Waals surface area contributed by atoms with Gasteiger partial charge in [0.1, 0.15) is 5.75 Å². The molecule has 1 atom stereocenters. The predicted molar refractivity (Wildman–Crippen MR) is 92.0 cm³/mol. The third-order valence-corrected chi connectivity index (χ3v) is 3.96. The van der Waals surface area contributed by atoms with Crippen LogP contribution in [0.2, 0.25) is 0 Å². The van der Waals surface area contributed by atoms with Gasteiger partial charge in [-0.1, -0.05) is 18.2 Å². The maximum atomic E-state index is 12.1. The van der Waals surface area contributed by atoms with Crippen molar-refractivity contribution in [2.75, 3.05) is 11.9 Å². The third kappa shape index (κ3) is 3.96. The summed E-state index contributed by atoms with van der Waals surface area (Å²) < 4.78 is 5.42. The largest absolute Gasteiger partial charge is 0.484 e. The summed E-state index contributed by atoms with van der Waals surface area (Å²) in [6.07, 6.45) is 0.363.